The fourth-order valence-corrected chi connectivity index (χ4v) is 2.58. The average Bonchev–Trinajstić information content (AvgIpc) is 3.15. The summed E-state index contributed by atoms with van der Waals surface area (Å²) >= 11 is 0. The first-order valence-electron chi connectivity index (χ1n) is 8.28. The molecule has 1 heterocycles. The average molecular weight is 331 g/mol. The van der Waals surface area contributed by atoms with Gasteiger partial charge in [0.05, 0.1) is 12.4 Å². The maximum atomic E-state index is 12.3. The van der Waals surface area contributed by atoms with Crippen LogP contribution in [0.4, 0.5) is 0 Å². The summed E-state index contributed by atoms with van der Waals surface area (Å²) in [6.07, 6.45) is 8.25. The summed E-state index contributed by atoms with van der Waals surface area (Å²) in [6.45, 7) is 0. The van der Waals surface area contributed by atoms with Crippen LogP contribution in [-0.4, -0.2) is 21.8 Å². The minimum atomic E-state index is -0.516. The zero-order chi connectivity index (χ0) is 17.5. The van der Waals surface area contributed by atoms with Gasteiger partial charge in [0.15, 0.2) is 5.78 Å². The number of carbonyl (C=O) groups is 1. The largest absolute Gasteiger partial charge is 0.348 e. The van der Waals surface area contributed by atoms with Gasteiger partial charge in [-0.1, -0.05) is 66.7 Å². The van der Waals surface area contributed by atoms with Crippen LogP contribution < -0.4 is 5.73 Å². The first-order valence-corrected chi connectivity index (χ1v) is 8.28. The Kier molecular flexibility index (Phi) is 5.54. The first kappa shape index (κ1) is 16.9. The van der Waals surface area contributed by atoms with Crippen molar-refractivity contribution in [2.75, 3.05) is 0 Å². The molecule has 0 aliphatic rings. The van der Waals surface area contributed by atoms with Crippen molar-refractivity contribution in [3.8, 4) is 0 Å². The predicted molar refractivity (Wildman–Crippen MR) is 101 cm³/mol. The van der Waals surface area contributed by atoms with E-state index in [-0.39, 0.29) is 5.78 Å². The Hall–Kier alpha value is -2.98. The third kappa shape index (κ3) is 4.99. The number of ketones is 1. The molecule has 3 aromatic rings. The van der Waals surface area contributed by atoms with Gasteiger partial charge in [0.2, 0.25) is 0 Å². The van der Waals surface area contributed by atoms with Gasteiger partial charge in [0.25, 0.3) is 0 Å². The maximum absolute atomic E-state index is 12.3. The number of Topliss-reactive ketones (excluding diaryl/α,β-unsaturated/α-hetero) is 1. The highest BCUT2D eigenvalue weighted by atomic mass is 16.1. The normalized spacial score (nSPS) is 12.4. The second-order valence-corrected chi connectivity index (χ2v) is 6.02. The summed E-state index contributed by atoms with van der Waals surface area (Å²) in [7, 11) is 0. The molecule has 25 heavy (non-hydrogen) atoms. The van der Waals surface area contributed by atoms with E-state index >= 15 is 0 Å². The molecular formula is C21H21N3O. The molecule has 1 atom stereocenters. The van der Waals surface area contributed by atoms with Gasteiger partial charge in [-0.3, -0.25) is 4.79 Å². The highest BCUT2D eigenvalue weighted by molar-refractivity contribution is 5.86. The van der Waals surface area contributed by atoms with Gasteiger partial charge in [-0.15, -0.1) is 0 Å². The molecule has 0 amide bonds. The van der Waals surface area contributed by atoms with Crippen LogP contribution in [0.3, 0.4) is 0 Å². The van der Waals surface area contributed by atoms with E-state index in [9.17, 15) is 4.79 Å². The highest BCUT2D eigenvalue weighted by Gasteiger charge is 2.15. The number of hydrogen-bond donors (Lipinski definition) is 2. The molecule has 0 saturated carbocycles. The van der Waals surface area contributed by atoms with Crippen molar-refractivity contribution >= 4 is 17.9 Å². The number of imidazole rings is 1. The Bertz CT molecular complexity index is 821. The molecule has 0 radical (unpaired) electrons. The van der Waals surface area contributed by atoms with Gasteiger partial charge in [0, 0.05) is 24.7 Å². The SMILES string of the molecule is NC(Cc1cnc[nH]1)C(=O)Cc1ccc(/C=C/c2ccccc2)cc1. The molecule has 0 saturated heterocycles. The zero-order valence-electron chi connectivity index (χ0n) is 13.9. The summed E-state index contributed by atoms with van der Waals surface area (Å²) in [4.78, 5) is 19.2. The number of H-pyrrole nitrogens is 1. The predicted octanol–water partition coefficient (Wildman–Crippen LogP) is 3.26. The van der Waals surface area contributed by atoms with E-state index in [0.29, 0.717) is 12.8 Å². The number of nitrogens with two attached hydrogens (primary N) is 1. The van der Waals surface area contributed by atoms with Crippen molar-refractivity contribution in [3.63, 3.8) is 0 Å². The molecule has 0 bridgehead atoms. The van der Waals surface area contributed by atoms with E-state index in [0.717, 1.165) is 22.4 Å². The number of benzene rings is 2. The molecule has 0 spiro atoms. The zero-order valence-corrected chi connectivity index (χ0v) is 13.9. The number of rotatable bonds is 7. The molecule has 0 aliphatic carbocycles. The van der Waals surface area contributed by atoms with Crippen molar-refractivity contribution in [3.05, 3.63) is 89.5 Å². The maximum Gasteiger partial charge on any atom is 0.154 e. The van der Waals surface area contributed by atoms with Crippen LogP contribution in [-0.2, 0) is 17.6 Å². The number of hydrogen-bond acceptors (Lipinski definition) is 3. The Morgan fingerprint density at radius 2 is 1.72 bits per heavy atom. The lowest BCUT2D eigenvalue weighted by Gasteiger charge is -2.09. The Labute approximate surface area is 147 Å². The minimum absolute atomic E-state index is 0.0298. The quantitative estimate of drug-likeness (QED) is 0.653. The van der Waals surface area contributed by atoms with Gasteiger partial charge < -0.3 is 10.7 Å². The van der Waals surface area contributed by atoms with Crippen LogP contribution in [0.5, 0.6) is 0 Å². The van der Waals surface area contributed by atoms with Crippen LogP contribution in [0, 0.1) is 0 Å². The molecule has 4 nitrogen and oxygen atoms in total. The number of aromatic amines is 1. The van der Waals surface area contributed by atoms with Crippen LogP contribution >= 0.6 is 0 Å². The standard InChI is InChI=1S/C21H21N3O/c22-20(13-19-14-23-15-24-19)21(25)12-18-10-8-17(9-11-18)7-6-16-4-2-1-3-5-16/h1-11,14-15,20H,12-13,22H2,(H,23,24)/b7-6+. The number of aromatic nitrogens is 2. The van der Waals surface area contributed by atoms with E-state index in [1.807, 2.05) is 42.5 Å². The minimum Gasteiger partial charge on any atom is -0.348 e. The third-order valence-electron chi connectivity index (χ3n) is 4.03. The molecule has 126 valence electrons. The van der Waals surface area contributed by atoms with Crippen molar-refractivity contribution in [2.24, 2.45) is 5.73 Å². The number of carbonyl (C=O) groups excluding carboxylic acids is 1. The van der Waals surface area contributed by atoms with Crippen LogP contribution in [0.2, 0.25) is 0 Å². The lowest BCUT2D eigenvalue weighted by atomic mass is 10.00. The van der Waals surface area contributed by atoms with Gasteiger partial charge in [-0.05, 0) is 16.7 Å². The van der Waals surface area contributed by atoms with E-state index in [4.69, 9.17) is 5.73 Å². The van der Waals surface area contributed by atoms with Gasteiger partial charge in [-0.25, -0.2) is 4.98 Å². The summed E-state index contributed by atoms with van der Waals surface area (Å²) < 4.78 is 0. The van der Waals surface area contributed by atoms with Crippen molar-refractivity contribution < 1.29 is 4.79 Å². The molecule has 3 N–H and O–H groups in total. The van der Waals surface area contributed by atoms with E-state index < -0.39 is 6.04 Å². The van der Waals surface area contributed by atoms with Gasteiger partial charge in [0.1, 0.15) is 0 Å². The van der Waals surface area contributed by atoms with E-state index in [2.05, 4.69) is 34.3 Å². The Morgan fingerprint density at radius 1 is 1.04 bits per heavy atom. The fourth-order valence-electron chi connectivity index (χ4n) is 2.58. The lowest BCUT2D eigenvalue weighted by molar-refractivity contribution is -0.119. The number of nitrogens with zero attached hydrogens (tertiary/aromatic N) is 1. The van der Waals surface area contributed by atoms with Crippen LogP contribution in [0.15, 0.2) is 67.1 Å². The monoisotopic (exact) mass is 331 g/mol. The van der Waals surface area contributed by atoms with Crippen molar-refractivity contribution in [1.29, 1.82) is 0 Å². The van der Waals surface area contributed by atoms with Crippen LogP contribution in [0.25, 0.3) is 12.2 Å². The summed E-state index contributed by atoms with van der Waals surface area (Å²) in [5.41, 5.74) is 10.1. The third-order valence-corrected chi connectivity index (χ3v) is 4.03. The van der Waals surface area contributed by atoms with Crippen molar-refractivity contribution in [1.82, 2.24) is 9.97 Å². The number of nitrogens with one attached hydrogen (secondary N) is 1. The lowest BCUT2D eigenvalue weighted by Crippen LogP contribution is -2.34. The molecule has 1 aromatic heterocycles. The summed E-state index contributed by atoms with van der Waals surface area (Å²) in [6, 6.07) is 17.6. The first-order chi connectivity index (χ1) is 12.2. The highest BCUT2D eigenvalue weighted by Crippen LogP contribution is 2.11. The van der Waals surface area contributed by atoms with Crippen LogP contribution in [0.1, 0.15) is 22.4 Å². The molecule has 3 rings (SSSR count). The second kappa shape index (κ2) is 8.22. The van der Waals surface area contributed by atoms with E-state index in [1.165, 1.54) is 0 Å². The summed E-state index contributed by atoms with van der Waals surface area (Å²) in [5, 5.41) is 0. The smallest absolute Gasteiger partial charge is 0.154 e. The Balaban J connectivity index is 1.56. The molecule has 1 unspecified atom stereocenters. The topological polar surface area (TPSA) is 71.8 Å². The molecular weight excluding hydrogens is 310 g/mol. The summed E-state index contributed by atoms with van der Waals surface area (Å²) in [5.74, 6) is 0.0298. The van der Waals surface area contributed by atoms with Gasteiger partial charge in [-0.2, -0.15) is 0 Å². The Morgan fingerprint density at radius 3 is 2.36 bits per heavy atom. The molecule has 2 aromatic carbocycles. The second-order valence-electron chi connectivity index (χ2n) is 6.02. The molecule has 0 aliphatic heterocycles. The van der Waals surface area contributed by atoms with Gasteiger partial charge >= 0.3 is 0 Å². The van der Waals surface area contributed by atoms with Crippen molar-refractivity contribution in [2.45, 2.75) is 18.9 Å². The molecule has 4 heteroatoms. The fraction of sp³-hybridized carbons (Fsp3) is 0.143. The van der Waals surface area contributed by atoms with E-state index in [1.54, 1.807) is 12.5 Å². The molecule has 0 fully saturated rings.